The van der Waals surface area contributed by atoms with E-state index < -0.39 is 0 Å². The molecule has 0 radical (unpaired) electrons. The fourth-order valence-corrected chi connectivity index (χ4v) is 2.47. The fraction of sp³-hybridized carbons (Fsp3) is 0.889. The third-order valence-corrected chi connectivity index (χ3v) is 3.74. The van der Waals surface area contributed by atoms with E-state index in [4.69, 9.17) is 0 Å². The van der Waals surface area contributed by atoms with E-state index in [-0.39, 0.29) is 17.0 Å². The summed E-state index contributed by atoms with van der Waals surface area (Å²) in [6.07, 6.45) is 18.9. The third-order valence-electron chi connectivity index (χ3n) is 3.74. The molecule has 0 aliphatic heterocycles. The molecule has 0 N–H and O–H groups in total. The highest BCUT2D eigenvalue weighted by Gasteiger charge is 2.04. The average Bonchev–Trinajstić information content (AvgIpc) is 2.34. The Morgan fingerprint density at radius 1 is 0.650 bits per heavy atom. The number of halogens is 1. The largest absolute Gasteiger partial charge is 1.00 e. The maximum atomic E-state index is 3.76. The zero-order valence-electron chi connectivity index (χ0n) is 14.3. The van der Waals surface area contributed by atoms with Gasteiger partial charge in [0.2, 0.25) is 0 Å². The van der Waals surface area contributed by atoms with Crippen LogP contribution in [0.25, 0.3) is 0 Å². The highest BCUT2D eigenvalue weighted by atomic mass is 79.9. The van der Waals surface area contributed by atoms with E-state index >= 15 is 0 Å². The van der Waals surface area contributed by atoms with Gasteiger partial charge in [-0.2, -0.15) is 0 Å². The van der Waals surface area contributed by atoms with Gasteiger partial charge in [-0.15, -0.1) is 6.58 Å². The summed E-state index contributed by atoms with van der Waals surface area (Å²) in [5.74, 6) is 0. The summed E-state index contributed by atoms with van der Waals surface area (Å²) >= 11 is 0. The molecular weight excluding hydrogens is 310 g/mol. The van der Waals surface area contributed by atoms with E-state index in [9.17, 15) is 0 Å². The van der Waals surface area contributed by atoms with E-state index in [0.29, 0.717) is 0 Å². The van der Waals surface area contributed by atoms with Crippen molar-refractivity contribution in [3.8, 4) is 0 Å². The molecule has 0 aliphatic rings. The summed E-state index contributed by atoms with van der Waals surface area (Å²) in [6, 6.07) is 0. The smallest absolute Gasteiger partial charge is 0.0780 e. The van der Waals surface area contributed by atoms with Crippen LogP contribution in [0.2, 0.25) is 0 Å². The first kappa shape index (κ1) is 22.5. The quantitative estimate of drug-likeness (QED) is 0.257. The van der Waals surface area contributed by atoms with Gasteiger partial charge in [0.1, 0.15) is 0 Å². The van der Waals surface area contributed by atoms with Crippen LogP contribution in [0.5, 0.6) is 0 Å². The molecule has 0 heterocycles. The second kappa shape index (κ2) is 15.6. The van der Waals surface area contributed by atoms with Gasteiger partial charge >= 0.3 is 0 Å². The maximum absolute atomic E-state index is 3.76. The molecule has 0 spiro atoms. The van der Waals surface area contributed by atoms with Crippen molar-refractivity contribution < 1.29 is 21.5 Å². The SMILES string of the molecule is C=CCCCCCCCCCCCCC[N+](C)(C)C.[Br-]. The summed E-state index contributed by atoms with van der Waals surface area (Å²) in [6.45, 7) is 5.09. The highest BCUT2D eigenvalue weighted by molar-refractivity contribution is 4.65. The molecule has 0 saturated carbocycles. The van der Waals surface area contributed by atoms with Crippen molar-refractivity contribution >= 4 is 0 Å². The van der Waals surface area contributed by atoms with Gasteiger partial charge in [0.15, 0.2) is 0 Å². The van der Waals surface area contributed by atoms with Crippen LogP contribution >= 0.6 is 0 Å². The molecule has 0 aliphatic carbocycles. The van der Waals surface area contributed by atoms with Crippen molar-refractivity contribution in [2.24, 2.45) is 0 Å². The lowest BCUT2D eigenvalue weighted by Gasteiger charge is -2.23. The van der Waals surface area contributed by atoms with Gasteiger partial charge in [-0.05, 0) is 25.7 Å². The summed E-state index contributed by atoms with van der Waals surface area (Å²) in [7, 11) is 6.86. The van der Waals surface area contributed by atoms with E-state index in [0.717, 1.165) is 4.48 Å². The molecule has 0 rings (SSSR count). The topological polar surface area (TPSA) is 0 Å². The van der Waals surface area contributed by atoms with Crippen LogP contribution in [0.15, 0.2) is 12.7 Å². The van der Waals surface area contributed by atoms with Crippen molar-refractivity contribution in [1.29, 1.82) is 0 Å². The monoisotopic (exact) mass is 347 g/mol. The number of unbranched alkanes of at least 4 members (excludes halogenated alkanes) is 11. The number of nitrogens with zero attached hydrogens (tertiary/aromatic N) is 1. The van der Waals surface area contributed by atoms with E-state index in [1.165, 1.54) is 83.6 Å². The first-order chi connectivity index (χ1) is 9.06. The molecule has 2 heteroatoms. The van der Waals surface area contributed by atoms with Crippen molar-refractivity contribution in [3.05, 3.63) is 12.7 Å². The van der Waals surface area contributed by atoms with E-state index in [1.54, 1.807) is 0 Å². The molecule has 20 heavy (non-hydrogen) atoms. The van der Waals surface area contributed by atoms with Crippen molar-refractivity contribution in [2.75, 3.05) is 27.7 Å². The predicted octanol–water partition coefficient (Wildman–Crippen LogP) is 2.56. The van der Waals surface area contributed by atoms with Gasteiger partial charge in [0.05, 0.1) is 27.7 Å². The minimum Gasteiger partial charge on any atom is -1.00 e. The summed E-state index contributed by atoms with van der Waals surface area (Å²) in [5.41, 5.74) is 0. The van der Waals surface area contributed by atoms with Crippen molar-refractivity contribution in [1.82, 2.24) is 0 Å². The van der Waals surface area contributed by atoms with Crippen molar-refractivity contribution in [2.45, 2.75) is 77.0 Å². The number of allylic oxidation sites excluding steroid dienone is 1. The zero-order valence-corrected chi connectivity index (χ0v) is 15.9. The molecule has 0 fully saturated rings. The number of quaternary nitrogens is 1. The van der Waals surface area contributed by atoms with Crippen LogP contribution < -0.4 is 17.0 Å². The van der Waals surface area contributed by atoms with Crippen LogP contribution in [-0.2, 0) is 0 Å². The molecule has 0 bridgehead atoms. The Hall–Kier alpha value is 0.180. The van der Waals surface area contributed by atoms with Crippen molar-refractivity contribution in [3.63, 3.8) is 0 Å². The summed E-state index contributed by atoms with van der Waals surface area (Å²) < 4.78 is 1.12. The number of rotatable bonds is 14. The first-order valence-corrected chi connectivity index (χ1v) is 8.47. The molecule has 0 aromatic heterocycles. The van der Waals surface area contributed by atoms with E-state index in [1.807, 2.05) is 6.08 Å². The fourth-order valence-electron chi connectivity index (χ4n) is 2.47. The van der Waals surface area contributed by atoms with Gasteiger partial charge < -0.3 is 21.5 Å². The molecule has 1 nitrogen and oxygen atoms in total. The predicted molar refractivity (Wildman–Crippen MR) is 88.5 cm³/mol. The standard InChI is InChI=1S/C18H38N.BrH/c1-5-6-7-8-9-10-11-12-13-14-15-16-17-18-19(2,3)4;/h5H,1,6-18H2,2-4H3;1H/q+1;/p-1. The minimum absolute atomic E-state index is 0. The second-order valence-electron chi connectivity index (χ2n) is 6.98. The van der Waals surface area contributed by atoms with Gasteiger partial charge in [-0.3, -0.25) is 0 Å². The van der Waals surface area contributed by atoms with Crippen LogP contribution in [0.1, 0.15) is 77.0 Å². The number of hydrogen-bond donors (Lipinski definition) is 0. The molecule has 0 aromatic carbocycles. The molecule has 122 valence electrons. The molecule has 0 aromatic rings. The first-order valence-electron chi connectivity index (χ1n) is 8.47. The van der Waals surface area contributed by atoms with Crippen LogP contribution in [0.3, 0.4) is 0 Å². The van der Waals surface area contributed by atoms with Crippen LogP contribution in [0.4, 0.5) is 0 Å². The lowest BCUT2D eigenvalue weighted by Crippen LogP contribution is -3.00. The Balaban J connectivity index is 0. The van der Waals surface area contributed by atoms with Crippen LogP contribution in [-0.4, -0.2) is 32.2 Å². The Morgan fingerprint density at radius 3 is 1.35 bits per heavy atom. The van der Waals surface area contributed by atoms with Gasteiger partial charge in [-0.1, -0.05) is 57.4 Å². The summed E-state index contributed by atoms with van der Waals surface area (Å²) in [4.78, 5) is 0. The second-order valence-corrected chi connectivity index (χ2v) is 6.98. The minimum atomic E-state index is 0. The maximum Gasteiger partial charge on any atom is 0.0780 e. The lowest BCUT2D eigenvalue weighted by atomic mass is 10.1. The van der Waals surface area contributed by atoms with Gasteiger partial charge in [0, 0.05) is 0 Å². The van der Waals surface area contributed by atoms with Gasteiger partial charge in [-0.25, -0.2) is 0 Å². The Morgan fingerprint density at radius 2 is 1.00 bits per heavy atom. The molecular formula is C18H38BrN. The van der Waals surface area contributed by atoms with Crippen LogP contribution in [0, 0.1) is 0 Å². The average molecular weight is 348 g/mol. The van der Waals surface area contributed by atoms with Gasteiger partial charge in [0.25, 0.3) is 0 Å². The molecule has 0 atom stereocenters. The lowest BCUT2D eigenvalue weighted by molar-refractivity contribution is -0.870. The van der Waals surface area contributed by atoms with E-state index in [2.05, 4.69) is 27.7 Å². The summed E-state index contributed by atoms with van der Waals surface area (Å²) in [5, 5.41) is 0. The molecule has 0 saturated heterocycles. The Kier molecular flexibility index (Phi) is 17.5. The zero-order chi connectivity index (χ0) is 14.4. The molecule has 0 amide bonds. The third kappa shape index (κ3) is 20.5. The number of hydrogen-bond acceptors (Lipinski definition) is 0. The Labute approximate surface area is 139 Å². The Bertz CT molecular complexity index is 196. The normalized spacial score (nSPS) is 11.2. The molecule has 0 unspecified atom stereocenters. The highest BCUT2D eigenvalue weighted by Crippen LogP contribution is 2.12.